The summed E-state index contributed by atoms with van der Waals surface area (Å²) in [6.45, 7) is 2.35. The van der Waals surface area contributed by atoms with Crippen LogP contribution in [0.3, 0.4) is 0 Å². The van der Waals surface area contributed by atoms with Crippen molar-refractivity contribution >= 4 is 22.9 Å². The summed E-state index contributed by atoms with van der Waals surface area (Å²) in [7, 11) is 0. The summed E-state index contributed by atoms with van der Waals surface area (Å²) in [6.07, 6.45) is 1.61. The number of hydrogen-bond donors (Lipinski definition) is 1. The average Bonchev–Trinajstić information content (AvgIpc) is 2.85. The molecule has 0 heterocycles. The number of carbonyl (C=O) groups is 1. The molecule has 1 amide bonds. The first kappa shape index (κ1) is 21.1. The second kappa shape index (κ2) is 10.3. The van der Waals surface area contributed by atoms with Crippen LogP contribution in [0.1, 0.15) is 12.5 Å². The van der Waals surface area contributed by atoms with Crippen molar-refractivity contribution in [3.8, 4) is 22.6 Å². The minimum absolute atomic E-state index is 0.129. The van der Waals surface area contributed by atoms with E-state index in [0.29, 0.717) is 12.4 Å². The molecular formula is C27H24N2O3. The molecule has 4 aromatic carbocycles. The van der Waals surface area contributed by atoms with Crippen LogP contribution in [0.25, 0.3) is 21.9 Å². The number of carbonyl (C=O) groups excluding carboxylic acids is 1. The second-order valence-corrected chi connectivity index (χ2v) is 7.10. The van der Waals surface area contributed by atoms with Gasteiger partial charge >= 0.3 is 0 Å². The monoisotopic (exact) mass is 424 g/mol. The fraction of sp³-hybridized carbons (Fsp3) is 0.111. The van der Waals surface area contributed by atoms with Crippen molar-refractivity contribution in [1.82, 2.24) is 5.43 Å². The van der Waals surface area contributed by atoms with E-state index in [1.807, 2.05) is 97.9 Å². The number of nitrogens with zero attached hydrogens (tertiary/aromatic N) is 1. The molecule has 4 aromatic rings. The molecule has 1 N–H and O–H groups in total. The quantitative estimate of drug-likeness (QED) is 0.303. The highest BCUT2D eigenvalue weighted by molar-refractivity contribution is 6.02. The Labute approximate surface area is 187 Å². The lowest BCUT2D eigenvalue weighted by molar-refractivity contribution is -0.123. The summed E-state index contributed by atoms with van der Waals surface area (Å²) in [6, 6.07) is 29.6. The highest BCUT2D eigenvalue weighted by Gasteiger charge is 2.07. The highest BCUT2D eigenvalue weighted by Crippen LogP contribution is 2.26. The summed E-state index contributed by atoms with van der Waals surface area (Å²) in [5.41, 5.74) is 5.57. The van der Waals surface area contributed by atoms with E-state index >= 15 is 0 Å². The van der Waals surface area contributed by atoms with Crippen molar-refractivity contribution in [3.05, 3.63) is 96.6 Å². The van der Waals surface area contributed by atoms with Gasteiger partial charge in [0.15, 0.2) is 6.61 Å². The first-order valence-corrected chi connectivity index (χ1v) is 10.5. The number of benzene rings is 4. The Bertz CT molecular complexity index is 1220. The number of nitrogens with one attached hydrogen (secondary N) is 1. The SMILES string of the molecule is CCOc1ccc2ccccc2c1/C=N\NC(=O)COc1ccc(-c2ccccc2)cc1. The first-order chi connectivity index (χ1) is 15.7. The standard InChI is InChI=1S/C27H24N2O3/c1-2-31-26-17-14-22-10-6-7-11-24(22)25(26)18-28-29-27(30)19-32-23-15-12-21(13-16-23)20-8-4-3-5-9-20/h3-18H,2,19H2,1H3,(H,29,30)/b28-18-. The Morgan fingerprint density at radius 1 is 0.844 bits per heavy atom. The number of amides is 1. The molecule has 0 unspecified atom stereocenters. The van der Waals surface area contributed by atoms with Crippen LogP contribution in [0.15, 0.2) is 96.1 Å². The van der Waals surface area contributed by atoms with Crippen LogP contribution in [0, 0.1) is 0 Å². The molecule has 0 saturated heterocycles. The molecule has 0 bridgehead atoms. The largest absolute Gasteiger partial charge is 0.493 e. The van der Waals surface area contributed by atoms with E-state index in [0.717, 1.165) is 33.2 Å². The third-order valence-corrected chi connectivity index (χ3v) is 4.94. The minimum atomic E-state index is -0.341. The van der Waals surface area contributed by atoms with Gasteiger partial charge in [0.05, 0.1) is 12.8 Å². The molecule has 4 rings (SSSR count). The molecule has 0 aliphatic rings. The van der Waals surface area contributed by atoms with Gasteiger partial charge in [-0.3, -0.25) is 4.79 Å². The Balaban J connectivity index is 1.37. The molecule has 0 aliphatic heterocycles. The zero-order valence-electron chi connectivity index (χ0n) is 17.8. The molecule has 0 aliphatic carbocycles. The Morgan fingerprint density at radius 2 is 1.56 bits per heavy atom. The normalized spacial score (nSPS) is 10.9. The topological polar surface area (TPSA) is 59.9 Å². The Morgan fingerprint density at radius 3 is 2.34 bits per heavy atom. The summed E-state index contributed by atoms with van der Waals surface area (Å²) < 4.78 is 11.3. The van der Waals surface area contributed by atoms with Gasteiger partial charge in [-0.15, -0.1) is 0 Å². The van der Waals surface area contributed by atoms with Crippen molar-refractivity contribution < 1.29 is 14.3 Å². The molecule has 32 heavy (non-hydrogen) atoms. The van der Waals surface area contributed by atoms with Gasteiger partial charge in [-0.05, 0) is 47.0 Å². The Kier molecular flexibility index (Phi) is 6.78. The molecule has 0 fully saturated rings. The maximum Gasteiger partial charge on any atom is 0.277 e. The van der Waals surface area contributed by atoms with Crippen LogP contribution in [0.4, 0.5) is 0 Å². The van der Waals surface area contributed by atoms with Crippen molar-refractivity contribution in [2.24, 2.45) is 5.10 Å². The van der Waals surface area contributed by atoms with Gasteiger partial charge in [-0.25, -0.2) is 5.43 Å². The third kappa shape index (κ3) is 5.13. The lowest BCUT2D eigenvalue weighted by Gasteiger charge is -2.10. The van der Waals surface area contributed by atoms with E-state index in [4.69, 9.17) is 9.47 Å². The van der Waals surface area contributed by atoms with Gasteiger partial charge in [0.1, 0.15) is 11.5 Å². The van der Waals surface area contributed by atoms with Gasteiger partial charge in [0.25, 0.3) is 5.91 Å². The van der Waals surface area contributed by atoms with E-state index in [9.17, 15) is 4.79 Å². The van der Waals surface area contributed by atoms with Gasteiger partial charge in [0, 0.05) is 5.56 Å². The van der Waals surface area contributed by atoms with Crippen molar-refractivity contribution in [3.63, 3.8) is 0 Å². The number of fused-ring (bicyclic) bond motifs is 1. The van der Waals surface area contributed by atoms with Crippen LogP contribution in [0.5, 0.6) is 11.5 Å². The minimum Gasteiger partial charge on any atom is -0.493 e. The van der Waals surface area contributed by atoms with Crippen molar-refractivity contribution in [2.45, 2.75) is 6.92 Å². The number of ether oxygens (including phenoxy) is 2. The van der Waals surface area contributed by atoms with E-state index in [-0.39, 0.29) is 12.5 Å². The highest BCUT2D eigenvalue weighted by atomic mass is 16.5. The summed E-state index contributed by atoms with van der Waals surface area (Å²) in [5.74, 6) is 1.00. The molecule has 5 nitrogen and oxygen atoms in total. The average molecular weight is 425 g/mol. The van der Waals surface area contributed by atoms with Crippen LogP contribution < -0.4 is 14.9 Å². The molecule has 160 valence electrons. The van der Waals surface area contributed by atoms with Gasteiger partial charge < -0.3 is 9.47 Å². The molecular weight excluding hydrogens is 400 g/mol. The molecule has 0 atom stereocenters. The first-order valence-electron chi connectivity index (χ1n) is 10.5. The fourth-order valence-electron chi connectivity index (χ4n) is 3.41. The zero-order chi connectivity index (χ0) is 22.2. The van der Waals surface area contributed by atoms with Crippen molar-refractivity contribution in [1.29, 1.82) is 0 Å². The fourth-order valence-corrected chi connectivity index (χ4v) is 3.41. The summed E-state index contributed by atoms with van der Waals surface area (Å²) >= 11 is 0. The predicted octanol–water partition coefficient (Wildman–Crippen LogP) is 5.43. The maximum atomic E-state index is 12.2. The lowest BCUT2D eigenvalue weighted by atomic mass is 10.0. The third-order valence-electron chi connectivity index (χ3n) is 4.94. The lowest BCUT2D eigenvalue weighted by Crippen LogP contribution is -2.24. The molecule has 5 heteroatoms. The molecule has 0 saturated carbocycles. The summed E-state index contributed by atoms with van der Waals surface area (Å²) in [5, 5.41) is 6.20. The molecule has 0 spiro atoms. The number of hydrazone groups is 1. The van der Waals surface area contributed by atoms with E-state index < -0.39 is 0 Å². The van der Waals surface area contributed by atoms with Gasteiger partial charge in [-0.1, -0.05) is 72.8 Å². The number of hydrogen-bond acceptors (Lipinski definition) is 4. The predicted molar refractivity (Wildman–Crippen MR) is 128 cm³/mol. The Hall–Kier alpha value is -4.12. The van der Waals surface area contributed by atoms with Crippen molar-refractivity contribution in [2.75, 3.05) is 13.2 Å². The molecule has 0 radical (unpaired) electrons. The summed E-state index contributed by atoms with van der Waals surface area (Å²) in [4.78, 5) is 12.2. The van der Waals surface area contributed by atoms with Gasteiger partial charge in [0.2, 0.25) is 0 Å². The zero-order valence-corrected chi connectivity index (χ0v) is 17.8. The smallest absolute Gasteiger partial charge is 0.277 e. The maximum absolute atomic E-state index is 12.2. The van der Waals surface area contributed by atoms with E-state index in [1.165, 1.54) is 0 Å². The molecule has 0 aromatic heterocycles. The van der Waals surface area contributed by atoms with Crippen LogP contribution >= 0.6 is 0 Å². The van der Waals surface area contributed by atoms with E-state index in [2.05, 4.69) is 10.5 Å². The number of rotatable bonds is 8. The van der Waals surface area contributed by atoms with Crippen LogP contribution in [-0.4, -0.2) is 25.3 Å². The van der Waals surface area contributed by atoms with Crippen LogP contribution in [0.2, 0.25) is 0 Å². The van der Waals surface area contributed by atoms with Gasteiger partial charge in [-0.2, -0.15) is 5.10 Å². The van der Waals surface area contributed by atoms with E-state index in [1.54, 1.807) is 6.21 Å². The van der Waals surface area contributed by atoms with Crippen LogP contribution in [-0.2, 0) is 4.79 Å². The second-order valence-electron chi connectivity index (χ2n) is 7.10.